The molecule has 4 rings (SSSR count). The number of ether oxygens (including phenoxy) is 2. The van der Waals surface area contributed by atoms with E-state index in [0.717, 1.165) is 0 Å². The molecule has 2 aliphatic heterocycles. The monoisotopic (exact) mass is 312 g/mol. The third-order valence-electron chi connectivity index (χ3n) is 6.95. The number of carbonyl (C=O) groups is 2. The van der Waals surface area contributed by atoms with Crippen molar-refractivity contribution < 1.29 is 34.4 Å². The molecule has 2 saturated heterocycles. The Morgan fingerprint density at radius 2 is 1.95 bits per heavy atom. The van der Waals surface area contributed by atoms with Crippen LogP contribution in [-0.2, 0) is 19.1 Å². The number of hydrogen-bond donors (Lipinski definition) is 3. The fourth-order valence-corrected chi connectivity index (χ4v) is 5.58. The zero-order valence-electron chi connectivity index (χ0n) is 12.5. The number of fused-ring (bicyclic) bond motifs is 2. The van der Waals surface area contributed by atoms with Gasteiger partial charge in [-0.25, -0.2) is 0 Å². The summed E-state index contributed by atoms with van der Waals surface area (Å²) in [5.41, 5.74) is -6.32. The molecule has 0 unspecified atom stereocenters. The average molecular weight is 312 g/mol. The zero-order valence-corrected chi connectivity index (χ0v) is 12.5. The highest BCUT2D eigenvalue weighted by molar-refractivity contribution is 5.87. The highest BCUT2D eigenvalue weighted by Gasteiger charge is 2.87. The van der Waals surface area contributed by atoms with E-state index in [4.69, 9.17) is 9.47 Å². The van der Waals surface area contributed by atoms with Crippen LogP contribution in [0.25, 0.3) is 0 Å². The number of esters is 2. The summed E-state index contributed by atoms with van der Waals surface area (Å²) < 4.78 is 10.2. The Labute approximate surface area is 127 Å². The first-order valence-electron chi connectivity index (χ1n) is 7.63. The molecule has 2 spiro atoms. The Hall–Kier alpha value is -1.18. The van der Waals surface area contributed by atoms with Gasteiger partial charge in [-0.05, 0) is 25.7 Å². The first-order chi connectivity index (χ1) is 10.1. The second-order valence-corrected chi connectivity index (χ2v) is 7.56. The van der Waals surface area contributed by atoms with Crippen molar-refractivity contribution in [3.05, 3.63) is 0 Å². The van der Waals surface area contributed by atoms with Gasteiger partial charge in [-0.2, -0.15) is 0 Å². The van der Waals surface area contributed by atoms with Crippen LogP contribution < -0.4 is 0 Å². The van der Waals surface area contributed by atoms with Crippen molar-refractivity contribution in [1.82, 2.24) is 0 Å². The fourth-order valence-electron chi connectivity index (χ4n) is 5.58. The van der Waals surface area contributed by atoms with Crippen molar-refractivity contribution in [2.75, 3.05) is 6.61 Å². The molecule has 2 saturated carbocycles. The van der Waals surface area contributed by atoms with E-state index in [1.165, 1.54) is 6.92 Å². The third-order valence-corrected chi connectivity index (χ3v) is 6.95. The van der Waals surface area contributed by atoms with Crippen LogP contribution >= 0.6 is 0 Å². The quantitative estimate of drug-likeness (QED) is 0.498. The lowest BCUT2D eigenvalue weighted by Crippen LogP contribution is -2.85. The molecule has 7 atom stereocenters. The van der Waals surface area contributed by atoms with Crippen molar-refractivity contribution in [3.63, 3.8) is 0 Å². The Bertz CT molecular complexity index is 586. The molecule has 0 amide bonds. The predicted octanol–water partition coefficient (Wildman–Crippen LogP) is -0.882. The maximum Gasteiger partial charge on any atom is 0.321 e. The minimum Gasteiger partial charge on any atom is -0.464 e. The van der Waals surface area contributed by atoms with Crippen LogP contribution in [0.5, 0.6) is 0 Å². The number of rotatable bonds is 0. The van der Waals surface area contributed by atoms with Gasteiger partial charge in [-0.1, -0.05) is 6.92 Å². The van der Waals surface area contributed by atoms with Crippen LogP contribution in [0.1, 0.15) is 33.1 Å². The average Bonchev–Trinajstić information content (AvgIpc) is 2.58. The van der Waals surface area contributed by atoms with Gasteiger partial charge in [-0.3, -0.25) is 9.59 Å². The highest BCUT2D eigenvalue weighted by Crippen LogP contribution is 2.72. The van der Waals surface area contributed by atoms with E-state index in [1.54, 1.807) is 0 Å². The van der Waals surface area contributed by atoms with E-state index in [9.17, 15) is 24.9 Å². The van der Waals surface area contributed by atoms with Crippen LogP contribution in [-0.4, -0.2) is 57.3 Å². The maximum absolute atomic E-state index is 12.3. The summed E-state index contributed by atoms with van der Waals surface area (Å²) in [5, 5.41) is 33.1. The topological polar surface area (TPSA) is 113 Å². The molecular weight excluding hydrogens is 292 g/mol. The molecule has 0 aromatic carbocycles. The second kappa shape index (κ2) is 3.66. The Kier molecular flexibility index (Phi) is 2.40. The molecule has 2 heterocycles. The molecule has 122 valence electrons. The molecule has 22 heavy (non-hydrogen) atoms. The first-order valence-corrected chi connectivity index (χ1v) is 7.63. The predicted molar refractivity (Wildman–Crippen MR) is 70.3 cm³/mol. The van der Waals surface area contributed by atoms with Gasteiger partial charge in [0.1, 0.15) is 23.9 Å². The molecule has 0 radical (unpaired) electrons. The molecule has 2 bridgehead atoms. The van der Waals surface area contributed by atoms with Gasteiger partial charge in [0.25, 0.3) is 0 Å². The molecule has 4 fully saturated rings. The summed E-state index contributed by atoms with van der Waals surface area (Å²) in [4.78, 5) is 24.4. The largest absolute Gasteiger partial charge is 0.464 e. The first kappa shape index (κ1) is 14.4. The van der Waals surface area contributed by atoms with Gasteiger partial charge < -0.3 is 24.8 Å². The summed E-state index contributed by atoms with van der Waals surface area (Å²) >= 11 is 0. The third kappa shape index (κ3) is 1.10. The number of carbonyl (C=O) groups excluding carboxylic acids is 2. The van der Waals surface area contributed by atoms with E-state index in [1.807, 2.05) is 6.92 Å². The van der Waals surface area contributed by atoms with Gasteiger partial charge in [0.05, 0.1) is 12.5 Å². The number of hydrogen-bond acceptors (Lipinski definition) is 7. The Morgan fingerprint density at radius 1 is 1.27 bits per heavy atom. The summed E-state index contributed by atoms with van der Waals surface area (Å²) in [6.45, 7) is 3.05. The lowest BCUT2D eigenvalue weighted by Gasteiger charge is -2.68. The van der Waals surface area contributed by atoms with Crippen molar-refractivity contribution in [3.8, 4) is 0 Å². The second-order valence-electron chi connectivity index (χ2n) is 7.56. The number of aliphatic hydroxyl groups is 3. The van der Waals surface area contributed by atoms with Crippen LogP contribution in [0.15, 0.2) is 0 Å². The molecule has 3 N–H and O–H groups in total. The lowest BCUT2D eigenvalue weighted by atomic mass is 9.42. The van der Waals surface area contributed by atoms with Crippen LogP contribution in [0.2, 0.25) is 0 Å². The number of cyclic esters (lactones) is 1. The fraction of sp³-hybridized carbons (Fsp3) is 0.867. The highest BCUT2D eigenvalue weighted by atomic mass is 16.6. The Morgan fingerprint density at radius 3 is 2.50 bits per heavy atom. The van der Waals surface area contributed by atoms with Gasteiger partial charge in [-0.15, -0.1) is 0 Å². The number of aliphatic hydroxyl groups excluding tert-OH is 1. The molecule has 7 nitrogen and oxygen atoms in total. The standard InChI is InChI=1S/C15H20O7/c1-7-3-8(16)15(20)13(7)4-9(22-10(17)5-13)12(2,19)14(15)6-21-11(14)18/h7-9,16,19-20H,3-6H2,1-2H3/t7-,8-,9-,12+,13-,14+,15-/m0/s1. The maximum atomic E-state index is 12.3. The molecule has 0 aromatic heterocycles. The van der Waals surface area contributed by atoms with E-state index in [-0.39, 0.29) is 31.8 Å². The lowest BCUT2D eigenvalue weighted by molar-refractivity contribution is -0.358. The van der Waals surface area contributed by atoms with Crippen LogP contribution in [0, 0.1) is 16.7 Å². The molecular formula is C15H20O7. The van der Waals surface area contributed by atoms with E-state index in [0.29, 0.717) is 0 Å². The van der Waals surface area contributed by atoms with E-state index < -0.39 is 46.2 Å². The summed E-state index contributed by atoms with van der Waals surface area (Å²) in [5.74, 6) is -1.43. The summed E-state index contributed by atoms with van der Waals surface area (Å²) in [6, 6.07) is 0. The zero-order chi connectivity index (χ0) is 16.1. The van der Waals surface area contributed by atoms with Crippen LogP contribution in [0.4, 0.5) is 0 Å². The SMILES string of the molecule is C[C@H]1C[C@H](O)[C@]2(O)[C@@]13CC(=O)O[C@@H](C3)[C@@](C)(O)[C@]21COC1=O. The minimum atomic E-state index is -1.89. The van der Waals surface area contributed by atoms with Gasteiger partial charge in [0.2, 0.25) is 0 Å². The molecule has 0 aromatic rings. The van der Waals surface area contributed by atoms with Crippen molar-refractivity contribution in [2.24, 2.45) is 16.7 Å². The summed E-state index contributed by atoms with van der Waals surface area (Å²) in [7, 11) is 0. The van der Waals surface area contributed by atoms with Crippen molar-refractivity contribution in [1.29, 1.82) is 0 Å². The molecule has 4 aliphatic rings. The summed E-state index contributed by atoms with van der Waals surface area (Å²) in [6.07, 6.45) is -1.66. The normalized spacial score (nSPS) is 59.6. The van der Waals surface area contributed by atoms with Crippen molar-refractivity contribution >= 4 is 11.9 Å². The van der Waals surface area contributed by atoms with E-state index in [2.05, 4.69) is 0 Å². The molecule has 2 aliphatic carbocycles. The van der Waals surface area contributed by atoms with Gasteiger partial charge in [0.15, 0.2) is 5.41 Å². The Balaban J connectivity index is 2.01. The van der Waals surface area contributed by atoms with Crippen LogP contribution in [0.3, 0.4) is 0 Å². The molecule has 7 heteroatoms. The van der Waals surface area contributed by atoms with Gasteiger partial charge >= 0.3 is 11.9 Å². The van der Waals surface area contributed by atoms with E-state index >= 15 is 0 Å². The van der Waals surface area contributed by atoms with Crippen molar-refractivity contribution in [2.45, 2.75) is 56.5 Å². The van der Waals surface area contributed by atoms with Gasteiger partial charge in [0, 0.05) is 5.41 Å². The smallest absolute Gasteiger partial charge is 0.321 e. The minimum absolute atomic E-state index is 0.0661.